The fraction of sp³-hybridized carbons (Fsp3) is 0.435. The van der Waals surface area contributed by atoms with Gasteiger partial charge in [-0.25, -0.2) is 0 Å². The van der Waals surface area contributed by atoms with Gasteiger partial charge in [-0.3, -0.25) is 0 Å². The van der Waals surface area contributed by atoms with Crippen molar-refractivity contribution >= 4 is 47.7 Å². The minimum atomic E-state index is 0.186. The summed E-state index contributed by atoms with van der Waals surface area (Å²) in [5, 5.41) is 1.56. The number of nitrogens with zero attached hydrogens (tertiary/aromatic N) is 1. The van der Waals surface area contributed by atoms with E-state index in [2.05, 4.69) is 94.1 Å². The van der Waals surface area contributed by atoms with E-state index in [-0.39, 0.29) is 5.41 Å². The summed E-state index contributed by atoms with van der Waals surface area (Å²) in [5.74, 6) is 0. The maximum atomic E-state index is 5.76. The Labute approximate surface area is 181 Å². The van der Waals surface area contributed by atoms with Crippen molar-refractivity contribution in [2.45, 2.75) is 50.6 Å². The molecule has 0 saturated heterocycles. The number of thiocarbonyl (C=S) groups is 1. The number of thioether (sulfide) groups is 1. The van der Waals surface area contributed by atoms with Gasteiger partial charge >= 0.3 is 182 Å². The van der Waals surface area contributed by atoms with Gasteiger partial charge in [0.25, 0.3) is 0 Å². The first-order valence-corrected chi connectivity index (χ1v) is 12.9. The van der Waals surface area contributed by atoms with Gasteiger partial charge in [-0.05, 0) is 0 Å². The van der Waals surface area contributed by atoms with Crippen LogP contribution in [0.5, 0.6) is 0 Å². The molecule has 4 heteroatoms. The van der Waals surface area contributed by atoms with Crippen LogP contribution in [0.2, 0.25) is 5.32 Å². The second-order valence-corrected chi connectivity index (χ2v) is 11.7. The van der Waals surface area contributed by atoms with Gasteiger partial charge in [-0.15, -0.1) is 0 Å². The molecule has 1 unspecified atom stereocenters. The molecule has 0 aliphatic carbocycles. The Morgan fingerprint density at radius 3 is 2.11 bits per heavy atom. The summed E-state index contributed by atoms with van der Waals surface area (Å²) in [4.78, 5) is 2.28. The summed E-state index contributed by atoms with van der Waals surface area (Å²) in [5.41, 5.74) is 2.96. The Morgan fingerprint density at radius 2 is 1.59 bits per heavy atom. The molecule has 2 aromatic carbocycles. The average Bonchev–Trinajstić information content (AvgIpc) is 2.66. The molecule has 0 fully saturated rings. The molecule has 0 saturated carbocycles. The zero-order valence-corrected chi connectivity index (χ0v) is 20.4. The monoisotopic (exact) mass is 465 g/mol. The SMILES string of the molecule is CCN(CC)C(=S)SC(C[Se]c1ccccc1)c1ccc(C(C)(C)C)cc1. The van der Waals surface area contributed by atoms with Gasteiger partial charge in [-0.1, -0.05) is 0 Å². The summed E-state index contributed by atoms with van der Waals surface area (Å²) in [6.07, 6.45) is 0. The van der Waals surface area contributed by atoms with E-state index < -0.39 is 0 Å². The van der Waals surface area contributed by atoms with E-state index in [0.717, 1.165) is 22.7 Å². The van der Waals surface area contributed by atoms with E-state index in [1.54, 1.807) is 0 Å². The van der Waals surface area contributed by atoms with Gasteiger partial charge in [0.2, 0.25) is 0 Å². The van der Waals surface area contributed by atoms with E-state index in [9.17, 15) is 0 Å². The third-order valence-electron chi connectivity index (χ3n) is 4.56. The van der Waals surface area contributed by atoms with Gasteiger partial charge in [0, 0.05) is 0 Å². The Balaban J connectivity index is 2.18. The van der Waals surface area contributed by atoms with Crippen molar-refractivity contribution in [2.75, 3.05) is 13.1 Å². The van der Waals surface area contributed by atoms with Crippen LogP contribution >= 0.6 is 24.0 Å². The minimum absolute atomic E-state index is 0.186. The fourth-order valence-corrected chi connectivity index (χ4v) is 7.02. The van der Waals surface area contributed by atoms with Crippen LogP contribution in [0.4, 0.5) is 0 Å². The molecule has 0 aliphatic heterocycles. The van der Waals surface area contributed by atoms with Crippen molar-refractivity contribution in [3.8, 4) is 0 Å². The van der Waals surface area contributed by atoms with Crippen molar-refractivity contribution in [1.29, 1.82) is 0 Å². The second-order valence-electron chi connectivity index (χ2n) is 7.54. The molecule has 0 aromatic heterocycles. The third-order valence-corrected chi connectivity index (χ3v) is 9.08. The predicted molar refractivity (Wildman–Crippen MR) is 128 cm³/mol. The first-order chi connectivity index (χ1) is 12.8. The van der Waals surface area contributed by atoms with Crippen molar-refractivity contribution in [1.82, 2.24) is 4.90 Å². The third kappa shape index (κ3) is 6.94. The number of rotatable bonds is 7. The van der Waals surface area contributed by atoms with Crippen molar-refractivity contribution in [3.05, 3.63) is 65.7 Å². The molecule has 0 N–H and O–H groups in total. The molecule has 0 spiro atoms. The molecular formula is C23H31NS2Se. The van der Waals surface area contributed by atoms with Crippen LogP contribution in [-0.4, -0.2) is 37.3 Å². The van der Waals surface area contributed by atoms with E-state index in [4.69, 9.17) is 12.2 Å². The summed E-state index contributed by atoms with van der Waals surface area (Å²) >= 11 is 8.07. The quantitative estimate of drug-likeness (QED) is 0.375. The van der Waals surface area contributed by atoms with Gasteiger partial charge in [0.05, 0.1) is 0 Å². The normalized spacial score (nSPS) is 12.6. The standard InChI is InChI=1S/C23H31NS2Se/c1-6-24(7-2)22(25)26-21(17-27-20-11-9-8-10-12-20)18-13-15-19(16-14-18)23(3,4)5/h8-16,21H,6-7,17H2,1-5H3. The first-order valence-electron chi connectivity index (χ1n) is 9.59. The molecule has 1 nitrogen and oxygen atoms in total. The van der Waals surface area contributed by atoms with Crippen LogP contribution in [0.3, 0.4) is 0 Å². The number of hydrogen-bond donors (Lipinski definition) is 0. The average molecular weight is 465 g/mol. The molecule has 1 atom stereocenters. The van der Waals surface area contributed by atoms with Gasteiger partial charge in [0.1, 0.15) is 0 Å². The Morgan fingerprint density at radius 1 is 1.00 bits per heavy atom. The van der Waals surface area contributed by atoms with Crippen LogP contribution in [0, 0.1) is 0 Å². The van der Waals surface area contributed by atoms with Crippen LogP contribution in [0.25, 0.3) is 0 Å². The van der Waals surface area contributed by atoms with Crippen LogP contribution in [0.1, 0.15) is 51.0 Å². The molecule has 2 rings (SSSR count). The molecule has 0 amide bonds. The van der Waals surface area contributed by atoms with Crippen molar-refractivity contribution in [3.63, 3.8) is 0 Å². The first kappa shape index (κ1) is 22.5. The Bertz CT molecular complexity index is 703. The summed E-state index contributed by atoms with van der Waals surface area (Å²) in [6, 6.07) is 20.1. The topological polar surface area (TPSA) is 3.24 Å². The molecule has 146 valence electrons. The maximum absolute atomic E-state index is 5.76. The van der Waals surface area contributed by atoms with E-state index in [1.165, 1.54) is 15.6 Å². The van der Waals surface area contributed by atoms with Crippen LogP contribution in [0.15, 0.2) is 54.6 Å². The zero-order chi connectivity index (χ0) is 19.9. The van der Waals surface area contributed by atoms with E-state index in [0.29, 0.717) is 20.2 Å². The molecule has 0 bridgehead atoms. The summed E-state index contributed by atoms with van der Waals surface area (Å²) < 4.78 is 2.48. The Kier molecular flexibility index (Phi) is 8.88. The van der Waals surface area contributed by atoms with E-state index >= 15 is 0 Å². The zero-order valence-electron chi connectivity index (χ0n) is 17.1. The van der Waals surface area contributed by atoms with Gasteiger partial charge < -0.3 is 0 Å². The Hall–Kier alpha value is -0.801. The van der Waals surface area contributed by atoms with E-state index in [1.807, 2.05) is 11.8 Å². The molecular weight excluding hydrogens is 433 g/mol. The molecule has 0 aliphatic rings. The van der Waals surface area contributed by atoms with Crippen LogP contribution < -0.4 is 4.46 Å². The second kappa shape index (κ2) is 10.7. The van der Waals surface area contributed by atoms with Gasteiger partial charge in [0.15, 0.2) is 0 Å². The summed E-state index contributed by atoms with van der Waals surface area (Å²) in [6.45, 7) is 13.1. The predicted octanol–water partition coefficient (Wildman–Crippen LogP) is 5.83. The van der Waals surface area contributed by atoms with Crippen molar-refractivity contribution in [2.24, 2.45) is 0 Å². The molecule has 2 aromatic rings. The fourth-order valence-electron chi connectivity index (χ4n) is 2.76. The number of benzene rings is 2. The summed E-state index contributed by atoms with van der Waals surface area (Å²) in [7, 11) is 0. The molecule has 27 heavy (non-hydrogen) atoms. The number of hydrogen-bond acceptors (Lipinski definition) is 2. The van der Waals surface area contributed by atoms with Crippen molar-refractivity contribution < 1.29 is 0 Å². The molecule has 0 heterocycles. The van der Waals surface area contributed by atoms with Gasteiger partial charge in [-0.2, -0.15) is 0 Å². The molecule has 0 radical (unpaired) electrons. The van der Waals surface area contributed by atoms with Crippen LogP contribution in [-0.2, 0) is 5.41 Å².